The van der Waals surface area contributed by atoms with Gasteiger partial charge in [-0.25, -0.2) is 19.7 Å². The van der Waals surface area contributed by atoms with Gasteiger partial charge in [-0.15, -0.1) is 12.8 Å². The van der Waals surface area contributed by atoms with Gasteiger partial charge in [-0.3, -0.25) is 4.98 Å². The van der Waals surface area contributed by atoms with Gasteiger partial charge in [0.25, 0.3) is 0 Å². The van der Waals surface area contributed by atoms with Crippen LogP contribution in [0.25, 0.3) is 22.4 Å². The first-order valence-corrected chi connectivity index (χ1v) is 14.1. The van der Waals surface area contributed by atoms with Crippen LogP contribution in [0.15, 0.2) is 47.7 Å². The first kappa shape index (κ1) is 30.6. The van der Waals surface area contributed by atoms with E-state index in [9.17, 15) is 4.79 Å². The molecule has 0 spiro atoms. The van der Waals surface area contributed by atoms with Crippen molar-refractivity contribution in [2.45, 2.75) is 51.6 Å². The summed E-state index contributed by atoms with van der Waals surface area (Å²) in [4.78, 5) is 32.2. The first-order chi connectivity index (χ1) is 20.3. The molecule has 0 radical (unpaired) electrons. The van der Waals surface area contributed by atoms with Crippen LogP contribution in [0.2, 0.25) is 5.02 Å². The van der Waals surface area contributed by atoms with Crippen LogP contribution in [0.4, 0.5) is 4.79 Å². The fourth-order valence-corrected chi connectivity index (χ4v) is 5.46. The van der Waals surface area contributed by atoms with Crippen molar-refractivity contribution in [3.8, 4) is 24.1 Å². The van der Waals surface area contributed by atoms with Gasteiger partial charge in [0.2, 0.25) is 0 Å². The van der Waals surface area contributed by atoms with Gasteiger partial charge in [-0.05, 0) is 29.5 Å². The van der Waals surface area contributed by atoms with E-state index in [0.717, 1.165) is 17.9 Å². The van der Waals surface area contributed by atoms with Crippen LogP contribution in [-0.4, -0.2) is 48.1 Å². The second-order valence-corrected chi connectivity index (χ2v) is 10.6. The zero-order valence-electron chi connectivity index (χ0n) is 23.7. The molecule has 4 heterocycles. The number of fused-ring (bicyclic) bond motifs is 2. The predicted molar refractivity (Wildman–Crippen MR) is 163 cm³/mol. The number of pyridine rings is 1. The maximum atomic E-state index is 11.0. The normalized spacial score (nSPS) is 16.9. The number of ether oxygens (including phenoxy) is 1. The number of nitrogens with zero attached hydrogens (tertiary/aromatic N) is 6. The van der Waals surface area contributed by atoms with Crippen LogP contribution in [-0.2, 0) is 18.2 Å². The summed E-state index contributed by atoms with van der Waals surface area (Å²) in [7, 11) is 1.85. The summed E-state index contributed by atoms with van der Waals surface area (Å²) in [5, 5.41) is 9.42. The number of imidazole rings is 1. The highest BCUT2D eigenvalue weighted by atomic mass is 35.5. The Kier molecular flexibility index (Phi) is 10.2. The van der Waals surface area contributed by atoms with Crippen molar-refractivity contribution in [2.75, 3.05) is 6.61 Å². The molecule has 2 aliphatic rings. The quantitative estimate of drug-likeness (QED) is 0.170. The number of hydrogen-bond acceptors (Lipinski definition) is 6. The molecule has 1 fully saturated rings. The molecule has 1 unspecified atom stereocenters. The fourth-order valence-electron chi connectivity index (χ4n) is 5.29. The third-order valence-electron chi connectivity index (χ3n) is 7.31. The van der Waals surface area contributed by atoms with Gasteiger partial charge in [0.15, 0.2) is 17.3 Å². The van der Waals surface area contributed by atoms with Crippen molar-refractivity contribution in [1.82, 2.24) is 24.5 Å². The first-order valence-electron chi connectivity index (χ1n) is 13.8. The molecule has 1 saturated carbocycles. The number of aromatic nitrogens is 5. The predicted octanol–water partition coefficient (Wildman–Crippen LogP) is 5.96. The smallest absolute Gasteiger partial charge is 0.433 e. The minimum Gasteiger partial charge on any atom is -0.463 e. The highest BCUT2D eigenvalue weighted by Crippen LogP contribution is 2.35. The molecule has 1 atom stereocenters. The van der Waals surface area contributed by atoms with Gasteiger partial charge in [-0.2, -0.15) is 4.99 Å². The molecular formula is C31H34ClN7O3. The van der Waals surface area contributed by atoms with Crippen molar-refractivity contribution >= 4 is 34.7 Å². The molecule has 1 aromatic carbocycles. The van der Waals surface area contributed by atoms with E-state index in [1.807, 2.05) is 29.8 Å². The summed E-state index contributed by atoms with van der Waals surface area (Å²) in [5.74, 6) is 1.27. The number of hydrogen-bond donors (Lipinski definition) is 2. The number of terminal acetylenes is 1. The molecule has 3 N–H and O–H groups in total. The number of halogens is 1. The molecule has 3 aromatic heterocycles. The van der Waals surface area contributed by atoms with Crippen LogP contribution in [0.3, 0.4) is 0 Å². The highest BCUT2D eigenvalue weighted by molar-refractivity contribution is 6.30. The second-order valence-electron chi connectivity index (χ2n) is 10.2. The molecule has 0 bridgehead atoms. The lowest BCUT2D eigenvalue weighted by atomic mass is 9.91. The summed E-state index contributed by atoms with van der Waals surface area (Å²) in [6, 6.07) is 9.77. The molecule has 11 heteroatoms. The Labute approximate surface area is 250 Å². The van der Waals surface area contributed by atoms with Gasteiger partial charge >= 0.3 is 6.09 Å². The number of aryl methyl sites for hydroxylation is 1. The Hall–Kier alpha value is -4.33. The van der Waals surface area contributed by atoms with Gasteiger partial charge in [-0.1, -0.05) is 74.9 Å². The second kappa shape index (κ2) is 14.0. The minimum absolute atomic E-state index is 0.0607. The van der Waals surface area contributed by atoms with E-state index in [4.69, 9.17) is 32.2 Å². The molecule has 4 aromatic rings. The Morgan fingerprint density at radius 3 is 2.55 bits per heavy atom. The topological polar surface area (TPSA) is 141 Å². The van der Waals surface area contributed by atoms with E-state index < -0.39 is 12.2 Å². The summed E-state index contributed by atoms with van der Waals surface area (Å²) >= 11 is 6.17. The molecule has 1 amide bonds. The largest absolute Gasteiger partial charge is 0.463 e. The van der Waals surface area contributed by atoms with Crippen molar-refractivity contribution in [3.05, 3.63) is 70.5 Å². The standard InChI is InChI=1S/C22H18ClN7O3.C7H14.C2H2/c1-30-16-15(12-8-13(23)10-25-9-12)26-20(18(24)27-22(31)32)28-19(16)29-21(30)17-14-5-3-2-4-11(14)6-7-33-17;1-7-5-3-2-4-6-7;1-2/h2-5,8-10,17H,6-7H2,1H3,(H2,24,27)(H,31,32);7H,2-6H2,1H3;1-2H. The minimum atomic E-state index is -1.45. The average Bonchev–Trinajstić information content (AvgIpc) is 3.33. The van der Waals surface area contributed by atoms with Crippen LogP contribution in [0, 0.1) is 18.8 Å². The molecule has 10 nitrogen and oxygen atoms in total. The number of carboxylic acid groups (broad SMARTS) is 1. The number of amidine groups is 1. The van der Waals surface area contributed by atoms with E-state index in [1.165, 1.54) is 43.9 Å². The van der Waals surface area contributed by atoms with Gasteiger partial charge in [0.05, 0.1) is 11.6 Å². The van der Waals surface area contributed by atoms with E-state index >= 15 is 0 Å². The lowest BCUT2D eigenvalue weighted by Crippen LogP contribution is -2.20. The van der Waals surface area contributed by atoms with E-state index in [0.29, 0.717) is 39.9 Å². The fraction of sp³-hybridized carbons (Fsp3) is 0.355. The molecule has 0 saturated heterocycles. The molecule has 1 aliphatic carbocycles. The average molecular weight is 588 g/mol. The number of nitrogens with two attached hydrogens (primary N) is 1. The monoisotopic (exact) mass is 587 g/mol. The summed E-state index contributed by atoms with van der Waals surface area (Å²) in [6.45, 7) is 2.92. The third kappa shape index (κ3) is 6.93. The van der Waals surface area contributed by atoms with Crippen molar-refractivity contribution in [1.29, 1.82) is 0 Å². The molecule has 218 valence electrons. The van der Waals surface area contributed by atoms with E-state index in [2.05, 4.69) is 45.8 Å². The molecule has 42 heavy (non-hydrogen) atoms. The summed E-state index contributed by atoms with van der Waals surface area (Å²) in [6.07, 6.45) is 17.5. The Morgan fingerprint density at radius 1 is 1.14 bits per heavy atom. The van der Waals surface area contributed by atoms with Gasteiger partial charge in [0.1, 0.15) is 23.1 Å². The van der Waals surface area contributed by atoms with Gasteiger partial charge in [0, 0.05) is 25.0 Å². The number of benzene rings is 1. The van der Waals surface area contributed by atoms with Crippen LogP contribution < -0.4 is 5.73 Å². The zero-order chi connectivity index (χ0) is 30.2. The molecule has 1 aliphatic heterocycles. The number of rotatable bonds is 3. The summed E-state index contributed by atoms with van der Waals surface area (Å²) in [5.41, 5.74) is 10.1. The SMILES string of the molecule is C#C.CC1CCCCC1.Cn1c(C2OCCc3ccccc32)nc2nc(/C(N)=N/C(=O)O)nc(-c3cncc(Cl)c3)c21. The van der Waals surface area contributed by atoms with Crippen molar-refractivity contribution < 1.29 is 14.6 Å². The third-order valence-corrected chi connectivity index (χ3v) is 7.52. The zero-order valence-corrected chi connectivity index (χ0v) is 24.5. The van der Waals surface area contributed by atoms with Crippen LogP contribution in [0.5, 0.6) is 0 Å². The number of aliphatic imine (C=N–C) groups is 1. The summed E-state index contributed by atoms with van der Waals surface area (Å²) < 4.78 is 7.97. The number of amides is 1. The van der Waals surface area contributed by atoms with Crippen LogP contribution >= 0.6 is 11.6 Å². The Balaban J connectivity index is 0.000000390. The van der Waals surface area contributed by atoms with Crippen molar-refractivity contribution in [2.24, 2.45) is 23.7 Å². The maximum Gasteiger partial charge on any atom is 0.433 e. The lowest BCUT2D eigenvalue weighted by molar-refractivity contribution is 0.0626. The molecular weight excluding hydrogens is 554 g/mol. The molecule has 6 rings (SSSR count). The number of carbonyl (C=O) groups is 1. The maximum absolute atomic E-state index is 11.0. The van der Waals surface area contributed by atoms with Crippen LogP contribution in [0.1, 0.15) is 67.9 Å². The van der Waals surface area contributed by atoms with Gasteiger partial charge < -0.3 is 20.1 Å². The van der Waals surface area contributed by atoms with E-state index in [1.54, 1.807) is 12.3 Å². The van der Waals surface area contributed by atoms with Crippen molar-refractivity contribution in [3.63, 3.8) is 0 Å². The van der Waals surface area contributed by atoms with E-state index in [-0.39, 0.29) is 11.7 Å². The Bertz CT molecular complexity index is 1610. The lowest BCUT2D eigenvalue weighted by Gasteiger charge is -2.25. The Morgan fingerprint density at radius 2 is 1.88 bits per heavy atom. The highest BCUT2D eigenvalue weighted by Gasteiger charge is 2.29.